The standard InChI is InChI=1S/C46H54Si.2CH3.Hf/c1-11-33-23-37-25-35(29(3)4)27-41(31(7)8)43(37)45(33)47(39-19-15-13-16-20-39,40-21-17-14-18-22-40)46-34(12-2)24-38-26-36(30(5)6)28-42(32(9)10)44(38)46;;;/h13-32H,11-12H2,1-10H3;2*1H3;/q-2;2*-1;+4. The van der Waals surface area contributed by atoms with Crippen molar-refractivity contribution < 1.29 is 25.8 Å². The maximum Gasteiger partial charge on any atom is 4.00 e. The Balaban J connectivity index is 0.00000225. The van der Waals surface area contributed by atoms with E-state index in [4.69, 9.17) is 0 Å². The van der Waals surface area contributed by atoms with E-state index < -0.39 is 8.07 Å². The topological polar surface area (TPSA) is 0 Å². The fraction of sp³-hybridized carbons (Fsp3) is 0.333. The Bertz CT molecular complexity index is 1850. The normalized spacial score (nSPS) is 11.8. The summed E-state index contributed by atoms with van der Waals surface area (Å²) in [7, 11) is -2.90. The van der Waals surface area contributed by atoms with Crippen molar-refractivity contribution in [3.05, 3.63) is 145 Å². The quantitative estimate of drug-likeness (QED) is 0.0952. The van der Waals surface area contributed by atoms with E-state index in [1.54, 1.807) is 10.4 Å². The van der Waals surface area contributed by atoms with Crippen molar-refractivity contribution in [3.63, 3.8) is 0 Å². The van der Waals surface area contributed by atoms with Crippen LogP contribution in [-0.4, -0.2) is 8.07 Å². The number of benzene rings is 4. The Labute approximate surface area is 325 Å². The van der Waals surface area contributed by atoms with Gasteiger partial charge in [-0.25, -0.2) is 0 Å². The molecule has 0 aromatic heterocycles. The smallest absolute Gasteiger partial charge is 0.358 e. The Hall–Kier alpha value is -2.81. The summed E-state index contributed by atoms with van der Waals surface area (Å²) in [4.78, 5) is 0. The predicted octanol–water partition coefficient (Wildman–Crippen LogP) is 11.3. The molecule has 6 rings (SSSR count). The number of rotatable bonds is 10. The molecule has 50 heavy (non-hydrogen) atoms. The Kier molecular flexibility index (Phi) is 13.9. The number of hydrogen-bond acceptors (Lipinski definition) is 0. The zero-order valence-electron chi connectivity index (χ0n) is 33.0. The predicted molar refractivity (Wildman–Crippen MR) is 224 cm³/mol. The van der Waals surface area contributed by atoms with E-state index in [0.717, 1.165) is 12.8 Å². The first-order chi connectivity index (χ1) is 22.5. The summed E-state index contributed by atoms with van der Waals surface area (Å²) in [5.41, 5.74) is 8.94. The monoisotopic (exact) mass is 844 g/mol. The fourth-order valence-corrected chi connectivity index (χ4v) is 14.2. The molecule has 0 amide bonds. The first kappa shape index (κ1) is 41.6. The molecule has 0 unspecified atom stereocenters. The van der Waals surface area contributed by atoms with Crippen LogP contribution in [0.3, 0.4) is 0 Å². The molecule has 0 radical (unpaired) electrons. The number of fused-ring (bicyclic) bond motifs is 2. The van der Waals surface area contributed by atoms with Crippen molar-refractivity contribution in [2.45, 2.75) is 106 Å². The van der Waals surface area contributed by atoms with E-state index in [1.807, 2.05) is 0 Å². The van der Waals surface area contributed by atoms with Crippen LogP contribution >= 0.6 is 0 Å². The van der Waals surface area contributed by atoms with Crippen LogP contribution < -0.4 is 20.7 Å². The summed E-state index contributed by atoms with van der Waals surface area (Å²) in [5, 5.41) is 12.1. The van der Waals surface area contributed by atoms with Gasteiger partial charge in [0.2, 0.25) is 0 Å². The minimum atomic E-state index is -2.90. The van der Waals surface area contributed by atoms with E-state index in [9.17, 15) is 0 Å². The third-order valence-corrected chi connectivity index (χ3v) is 15.8. The van der Waals surface area contributed by atoms with Crippen molar-refractivity contribution >= 4 is 50.4 Å². The van der Waals surface area contributed by atoms with E-state index in [2.05, 4.69) is 166 Å². The third kappa shape index (κ3) is 6.89. The largest absolute Gasteiger partial charge is 4.00 e. The maximum atomic E-state index is 2.58. The van der Waals surface area contributed by atoms with Crippen molar-refractivity contribution in [1.82, 2.24) is 0 Å². The molecule has 2 heteroatoms. The van der Waals surface area contributed by atoms with Crippen LogP contribution in [0.2, 0.25) is 0 Å². The molecule has 0 saturated heterocycles. The molecule has 0 aliphatic heterocycles. The van der Waals surface area contributed by atoms with Gasteiger partial charge in [0.1, 0.15) is 0 Å². The molecule has 0 fully saturated rings. The van der Waals surface area contributed by atoms with Gasteiger partial charge in [0.05, 0.1) is 8.07 Å². The number of hydrogen-bond donors (Lipinski definition) is 0. The summed E-state index contributed by atoms with van der Waals surface area (Å²) >= 11 is 0. The van der Waals surface area contributed by atoms with Gasteiger partial charge in [0.15, 0.2) is 0 Å². The van der Waals surface area contributed by atoms with Gasteiger partial charge in [-0.3, -0.25) is 0 Å². The molecule has 6 aromatic carbocycles. The van der Waals surface area contributed by atoms with Gasteiger partial charge in [0, 0.05) is 0 Å². The fourth-order valence-electron chi connectivity index (χ4n) is 8.31. The zero-order valence-corrected chi connectivity index (χ0v) is 37.6. The molecule has 0 aliphatic rings. The first-order valence-corrected chi connectivity index (χ1v) is 20.2. The molecule has 6 aromatic rings. The Morgan fingerprint density at radius 2 is 0.840 bits per heavy atom. The van der Waals surface area contributed by atoms with Crippen molar-refractivity contribution in [1.29, 1.82) is 0 Å². The first-order valence-electron chi connectivity index (χ1n) is 18.2. The van der Waals surface area contributed by atoms with Crippen LogP contribution in [0, 0.1) is 14.9 Å². The SMILES string of the molecule is CCc1[cH-]c2cc(C(C)C)cc(C(C)C)c2c1[Si](c1ccccc1)(c1ccccc1)c1c(CC)[cH-]c2cc(C(C)C)cc(C(C)C)c12.[CH3-].[CH3-].[Hf+4]. The van der Waals surface area contributed by atoms with Gasteiger partial charge >= 0.3 is 25.8 Å². The van der Waals surface area contributed by atoms with Crippen molar-refractivity contribution in [2.24, 2.45) is 0 Å². The van der Waals surface area contributed by atoms with Gasteiger partial charge in [-0.15, -0.1) is 67.3 Å². The van der Waals surface area contributed by atoms with Crippen LogP contribution in [0.15, 0.2) is 97.1 Å². The van der Waals surface area contributed by atoms with E-state index in [-0.39, 0.29) is 40.7 Å². The molecule has 0 aliphatic carbocycles. The van der Waals surface area contributed by atoms with Crippen LogP contribution in [-0.2, 0) is 38.7 Å². The minimum absolute atomic E-state index is 0. The third-order valence-electron chi connectivity index (χ3n) is 10.7. The number of aryl methyl sites for hydroxylation is 2. The average Bonchev–Trinajstić information content (AvgIpc) is 3.64. The summed E-state index contributed by atoms with van der Waals surface area (Å²) in [6.07, 6.45) is 2.03. The van der Waals surface area contributed by atoms with Crippen LogP contribution in [0.25, 0.3) is 21.5 Å². The molecule has 0 atom stereocenters. The summed E-state index contributed by atoms with van der Waals surface area (Å²) < 4.78 is 0. The second kappa shape index (κ2) is 16.7. The van der Waals surface area contributed by atoms with Gasteiger partial charge in [0.25, 0.3) is 0 Å². The molecule has 0 N–H and O–H groups in total. The Morgan fingerprint density at radius 1 is 0.500 bits per heavy atom. The zero-order chi connectivity index (χ0) is 33.6. The van der Waals surface area contributed by atoms with Gasteiger partial charge in [-0.1, -0.05) is 175 Å². The molecule has 0 bridgehead atoms. The van der Waals surface area contributed by atoms with Gasteiger partial charge in [-0.2, -0.15) is 0 Å². The molecule has 260 valence electrons. The maximum absolute atomic E-state index is 2.90. The Morgan fingerprint density at radius 3 is 1.12 bits per heavy atom. The summed E-state index contributed by atoms with van der Waals surface area (Å²) in [6, 6.07) is 38.7. The molecule has 0 spiro atoms. The van der Waals surface area contributed by atoms with Crippen LogP contribution in [0.1, 0.15) is 126 Å². The average molecular weight is 844 g/mol. The molecule has 0 heterocycles. The minimum Gasteiger partial charge on any atom is -0.358 e. The van der Waals surface area contributed by atoms with Gasteiger partial charge in [-0.05, 0) is 36.5 Å². The summed E-state index contributed by atoms with van der Waals surface area (Å²) in [6.45, 7) is 23.7. The molecule has 0 nitrogen and oxygen atoms in total. The van der Waals surface area contributed by atoms with E-state index in [1.165, 1.54) is 65.3 Å². The second-order valence-electron chi connectivity index (χ2n) is 15.0. The van der Waals surface area contributed by atoms with Crippen molar-refractivity contribution in [3.8, 4) is 0 Å². The molecular formula is C48H60HfSi. The van der Waals surface area contributed by atoms with E-state index >= 15 is 0 Å². The van der Waals surface area contributed by atoms with Gasteiger partial charge < -0.3 is 14.9 Å². The van der Waals surface area contributed by atoms with Crippen molar-refractivity contribution in [2.75, 3.05) is 0 Å². The van der Waals surface area contributed by atoms with E-state index in [0.29, 0.717) is 23.7 Å². The van der Waals surface area contributed by atoms with Crippen LogP contribution in [0.5, 0.6) is 0 Å². The van der Waals surface area contributed by atoms with Crippen LogP contribution in [0.4, 0.5) is 0 Å². The summed E-state index contributed by atoms with van der Waals surface area (Å²) in [5.74, 6) is 1.81. The second-order valence-corrected chi connectivity index (χ2v) is 18.7. The molecular weight excluding hydrogens is 783 g/mol. The molecule has 0 saturated carbocycles.